The van der Waals surface area contributed by atoms with E-state index in [-0.39, 0.29) is 12.5 Å². The van der Waals surface area contributed by atoms with Gasteiger partial charge in [-0.25, -0.2) is 0 Å². The molecule has 1 heterocycles. The molecule has 0 radical (unpaired) electrons. The van der Waals surface area contributed by atoms with Crippen molar-refractivity contribution in [2.45, 2.75) is 26.5 Å². The molecule has 0 saturated heterocycles. The van der Waals surface area contributed by atoms with E-state index in [9.17, 15) is 4.79 Å². The standard InChI is InChI=1S/C19H20N4O2/c1-14-7-6-10-17(11-14)25-15(2)19(24)20-12-18-22-21-13-23(18)16-8-4-3-5-9-16/h3-11,13,15H,12H2,1-2H3,(H,20,24). The molecule has 25 heavy (non-hydrogen) atoms. The van der Waals surface area contributed by atoms with E-state index >= 15 is 0 Å². The molecule has 1 aromatic heterocycles. The van der Waals surface area contributed by atoms with Gasteiger partial charge in [0, 0.05) is 5.69 Å². The van der Waals surface area contributed by atoms with Crippen LogP contribution in [0.4, 0.5) is 0 Å². The number of para-hydroxylation sites is 1. The Kier molecular flexibility index (Phi) is 5.09. The van der Waals surface area contributed by atoms with Crippen molar-refractivity contribution >= 4 is 5.91 Å². The molecule has 0 aliphatic heterocycles. The minimum Gasteiger partial charge on any atom is -0.481 e. The van der Waals surface area contributed by atoms with Gasteiger partial charge in [0.25, 0.3) is 5.91 Å². The largest absolute Gasteiger partial charge is 0.481 e. The molecule has 6 nitrogen and oxygen atoms in total. The second kappa shape index (κ2) is 7.61. The first-order valence-electron chi connectivity index (χ1n) is 8.09. The Labute approximate surface area is 146 Å². The van der Waals surface area contributed by atoms with Crippen molar-refractivity contribution in [1.29, 1.82) is 0 Å². The number of nitrogens with zero attached hydrogens (tertiary/aromatic N) is 3. The smallest absolute Gasteiger partial charge is 0.261 e. The number of carbonyl (C=O) groups is 1. The zero-order valence-electron chi connectivity index (χ0n) is 14.2. The van der Waals surface area contributed by atoms with E-state index in [0.717, 1.165) is 11.3 Å². The van der Waals surface area contributed by atoms with Crippen LogP contribution in [0.1, 0.15) is 18.3 Å². The fourth-order valence-corrected chi connectivity index (χ4v) is 2.44. The zero-order chi connectivity index (χ0) is 17.6. The summed E-state index contributed by atoms with van der Waals surface area (Å²) >= 11 is 0. The molecule has 1 atom stereocenters. The Bertz CT molecular complexity index is 845. The van der Waals surface area contributed by atoms with E-state index in [2.05, 4.69) is 15.5 Å². The monoisotopic (exact) mass is 336 g/mol. The van der Waals surface area contributed by atoms with Crippen LogP contribution in [0.15, 0.2) is 60.9 Å². The Morgan fingerprint density at radius 3 is 2.76 bits per heavy atom. The number of hydrogen-bond acceptors (Lipinski definition) is 4. The van der Waals surface area contributed by atoms with Gasteiger partial charge in [-0.1, -0.05) is 30.3 Å². The average molecular weight is 336 g/mol. The Balaban J connectivity index is 1.60. The molecule has 0 aliphatic carbocycles. The molecule has 128 valence electrons. The molecule has 1 amide bonds. The number of benzene rings is 2. The van der Waals surface area contributed by atoms with Gasteiger partial charge in [-0.3, -0.25) is 9.36 Å². The number of aromatic nitrogens is 3. The number of amides is 1. The predicted octanol–water partition coefficient (Wildman–Crippen LogP) is 2.66. The van der Waals surface area contributed by atoms with Crippen LogP contribution in [-0.4, -0.2) is 26.8 Å². The first-order chi connectivity index (χ1) is 12.1. The summed E-state index contributed by atoms with van der Waals surface area (Å²) in [5.41, 5.74) is 2.03. The summed E-state index contributed by atoms with van der Waals surface area (Å²) in [5.74, 6) is 1.13. The van der Waals surface area contributed by atoms with Gasteiger partial charge in [0.1, 0.15) is 12.1 Å². The second-order valence-electron chi connectivity index (χ2n) is 5.75. The van der Waals surface area contributed by atoms with E-state index < -0.39 is 6.10 Å². The lowest BCUT2D eigenvalue weighted by Crippen LogP contribution is -2.36. The fourth-order valence-electron chi connectivity index (χ4n) is 2.44. The molecule has 1 N–H and O–H groups in total. The van der Waals surface area contributed by atoms with E-state index in [1.807, 2.05) is 66.1 Å². The third-order valence-corrected chi connectivity index (χ3v) is 3.75. The SMILES string of the molecule is Cc1cccc(OC(C)C(=O)NCc2nncn2-c2ccccc2)c1. The molecule has 2 aromatic carbocycles. The molecule has 0 saturated carbocycles. The molecule has 3 rings (SSSR count). The molecular weight excluding hydrogens is 316 g/mol. The average Bonchev–Trinajstić information content (AvgIpc) is 3.09. The maximum absolute atomic E-state index is 12.3. The van der Waals surface area contributed by atoms with Crippen molar-refractivity contribution in [2.24, 2.45) is 0 Å². The molecule has 6 heteroatoms. The lowest BCUT2D eigenvalue weighted by Gasteiger charge is -2.15. The minimum atomic E-state index is -0.602. The summed E-state index contributed by atoms with van der Waals surface area (Å²) < 4.78 is 7.53. The van der Waals surface area contributed by atoms with E-state index in [1.165, 1.54) is 0 Å². The first-order valence-corrected chi connectivity index (χ1v) is 8.09. The number of aryl methyl sites for hydroxylation is 1. The van der Waals surface area contributed by atoms with Gasteiger partial charge in [-0.15, -0.1) is 10.2 Å². The number of nitrogens with one attached hydrogen (secondary N) is 1. The molecule has 0 fully saturated rings. The summed E-state index contributed by atoms with van der Waals surface area (Å²) in [7, 11) is 0. The first kappa shape index (κ1) is 16.7. The van der Waals surface area contributed by atoms with Crippen molar-refractivity contribution in [3.63, 3.8) is 0 Å². The Morgan fingerprint density at radius 1 is 1.20 bits per heavy atom. The number of rotatable bonds is 6. The van der Waals surface area contributed by atoms with Crippen LogP contribution in [0.5, 0.6) is 5.75 Å². The molecular formula is C19H20N4O2. The summed E-state index contributed by atoms with van der Waals surface area (Å²) in [4.78, 5) is 12.3. The third-order valence-electron chi connectivity index (χ3n) is 3.75. The van der Waals surface area contributed by atoms with Crippen molar-refractivity contribution in [3.05, 3.63) is 72.3 Å². The molecule has 0 aliphatic rings. The maximum Gasteiger partial charge on any atom is 0.261 e. The quantitative estimate of drug-likeness (QED) is 0.751. The van der Waals surface area contributed by atoms with Gasteiger partial charge >= 0.3 is 0 Å². The van der Waals surface area contributed by atoms with Crippen molar-refractivity contribution < 1.29 is 9.53 Å². The van der Waals surface area contributed by atoms with Crippen molar-refractivity contribution in [1.82, 2.24) is 20.1 Å². The van der Waals surface area contributed by atoms with Crippen molar-refractivity contribution in [2.75, 3.05) is 0 Å². The molecule has 3 aromatic rings. The van der Waals surface area contributed by atoms with Crippen molar-refractivity contribution in [3.8, 4) is 11.4 Å². The van der Waals surface area contributed by atoms with Crippen LogP contribution in [0.25, 0.3) is 5.69 Å². The summed E-state index contributed by atoms with van der Waals surface area (Å²) in [5, 5.41) is 10.8. The van der Waals surface area contributed by atoms with Crippen LogP contribution in [-0.2, 0) is 11.3 Å². The highest BCUT2D eigenvalue weighted by Gasteiger charge is 2.16. The Hall–Kier alpha value is -3.15. The van der Waals surface area contributed by atoms with Crippen LogP contribution in [0.3, 0.4) is 0 Å². The van der Waals surface area contributed by atoms with Crippen LogP contribution >= 0.6 is 0 Å². The summed E-state index contributed by atoms with van der Waals surface area (Å²) in [6, 6.07) is 17.4. The molecule has 1 unspecified atom stereocenters. The van der Waals surface area contributed by atoms with Crippen LogP contribution in [0, 0.1) is 6.92 Å². The highest BCUT2D eigenvalue weighted by atomic mass is 16.5. The third kappa shape index (κ3) is 4.23. The molecule has 0 spiro atoms. The lowest BCUT2D eigenvalue weighted by atomic mass is 10.2. The number of carbonyl (C=O) groups excluding carboxylic acids is 1. The Morgan fingerprint density at radius 2 is 2.00 bits per heavy atom. The van der Waals surface area contributed by atoms with Gasteiger partial charge in [-0.05, 0) is 43.7 Å². The molecule has 0 bridgehead atoms. The number of ether oxygens (including phenoxy) is 1. The van der Waals surface area contributed by atoms with Gasteiger partial charge < -0.3 is 10.1 Å². The zero-order valence-corrected chi connectivity index (χ0v) is 14.2. The maximum atomic E-state index is 12.3. The second-order valence-corrected chi connectivity index (χ2v) is 5.75. The van der Waals surface area contributed by atoms with Gasteiger partial charge in [-0.2, -0.15) is 0 Å². The van der Waals surface area contributed by atoms with Crippen LogP contribution in [0.2, 0.25) is 0 Å². The fraction of sp³-hybridized carbons (Fsp3) is 0.211. The lowest BCUT2D eigenvalue weighted by molar-refractivity contribution is -0.127. The summed E-state index contributed by atoms with van der Waals surface area (Å²) in [6.07, 6.45) is 1.03. The van der Waals surface area contributed by atoms with Gasteiger partial charge in [0.15, 0.2) is 11.9 Å². The van der Waals surface area contributed by atoms with E-state index in [1.54, 1.807) is 13.3 Å². The van der Waals surface area contributed by atoms with E-state index in [0.29, 0.717) is 11.6 Å². The minimum absolute atomic E-state index is 0.205. The van der Waals surface area contributed by atoms with Gasteiger partial charge in [0.2, 0.25) is 0 Å². The van der Waals surface area contributed by atoms with E-state index in [4.69, 9.17) is 4.74 Å². The topological polar surface area (TPSA) is 69.0 Å². The predicted molar refractivity (Wildman–Crippen MR) is 94.5 cm³/mol. The normalized spacial score (nSPS) is 11.8. The highest BCUT2D eigenvalue weighted by Crippen LogP contribution is 2.14. The highest BCUT2D eigenvalue weighted by molar-refractivity contribution is 5.80. The number of hydrogen-bond donors (Lipinski definition) is 1. The van der Waals surface area contributed by atoms with Gasteiger partial charge in [0.05, 0.1) is 6.54 Å². The summed E-state index contributed by atoms with van der Waals surface area (Å²) in [6.45, 7) is 3.98. The van der Waals surface area contributed by atoms with Crippen LogP contribution < -0.4 is 10.1 Å².